The van der Waals surface area contributed by atoms with E-state index in [9.17, 15) is 0 Å². The molecule has 1 N–H and O–H groups in total. The number of halogens is 2. The van der Waals surface area contributed by atoms with Gasteiger partial charge in [-0.2, -0.15) is 0 Å². The molecule has 1 aromatic heterocycles. The summed E-state index contributed by atoms with van der Waals surface area (Å²) in [5.41, 5.74) is 2.04. The van der Waals surface area contributed by atoms with Crippen molar-refractivity contribution in [1.29, 1.82) is 0 Å². The summed E-state index contributed by atoms with van der Waals surface area (Å²) in [6.07, 6.45) is 0. The number of methoxy groups -OCH3 is 1. The summed E-state index contributed by atoms with van der Waals surface area (Å²) >= 11 is 8.62. The minimum absolute atomic E-state index is 0.696. The highest BCUT2D eigenvalue weighted by Gasteiger charge is 2.05. The fraction of sp³-hybridized carbons (Fsp3) is 0.133. The van der Waals surface area contributed by atoms with Gasteiger partial charge in [0.1, 0.15) is 10.8 Å². The van der Waals surface area contributed by atoms with E-state index in [2.05, 4.69) is 48.2 Å². The smallest absolute Gasteiger partial charge is 0.135 e. The molecule has 0 aliphatic rings. The van der Waals surface area contributed by atoms with Crippen molar-refractivity contribution < 1.29 is 4.74 Å². The van der Waals surface area contributed by atoms with Crippen molar-refractivity contribution in [3.8, 4) is 5.75 Å². The van der Waals surface area contributed by atoms with Crippen LogP contribution in [0.25, 0.3) is 10.2 Å². The van der Waals surface area contributed by atoms with Crippen molar-refractivity contribution in [1.82, 2.24) is 4.98 Å². The molecule has 0 atom stereocenters. The van der Waals surface area contributed by atoms with Gasteiger partial charge in [0.05, 0.1) is 28.3 Å². The van der Waals surface area contributed by atoms with Gasteiger partial charge in [-0.05, 0) is 46.3 Å². The number of nitrogens with one attached hydrogen (secondary N) is 1. The van der Waals surface area contributed by atoms with Gasteiger partial charge in [0, 0.05) is 16.2 Å². The van der Waals surface area contributed by atoms with Gasteiger partial charge in [-0.1, -0.05) is 15.9 Å². The van der Waals surface area contributed by atoms with Crippen molar-refractivity contribution in [2.45, 2.75) is 6.54 Å². The summed E-state index contributed by atoms with van der Waals surface area (Å²) in [6, 6.07) is 12.1. The molecule has 3 aromatic rings. The second-order valence-corrected chi connectivity index (χ2v) is 7.31. The number of fused-ring (bicyclic) bond motifs is 1. The lowest BCUT2D eigenvalue weighted by Gasteiger charge is -2.08. The van der Waals surface area contributed by atoms with Crippen LogP contribution in [0.15, 0.2) is 45.3 Å². The number of hydrogen-bond acceptors (Lipinski definition) is 4. The molecule has 108 valence electrons. The number of thiazole rings is 1. The van der Waals surface area contributed by atoms with Crippen molar-refractivity contribution in [2.75, 3.05) is 12.4 Å². The van der Waals surface area contributed by atoms with Crippen LogP contribution in [0.3, 0.4) is 0 Å². The summed E-state index contributed by atoms with van der Waals surface area (Å²) in [5, 5.41) is 4.43. The number of anilines is 1. The van der Waals surface area contributed by atoms with Gasteiger partial charge in [0.25, 0.3) is 0 Å². The molecule has 0 saturated heterocycles. The molecule has 3 nitrogen and oxygen atoms in total. The van der Waals surface area contributed by atoms with Gasteiger partial charge in [-0.25, -0.2) is 4.98 Å². The first-order chi connectivity index (χ1) is 10.2. The van der Waals surface area contributed by atoms with E-state index in [0.717, 1.165) is 30.9 Å². The molecule has 0 aliphatic heterocycles. The molecule has 0 fully saturated rings. The number of aromatic nitrogens is 1. The summed E-state index contributed by atoms with van der Waals surface area (Å²) < 4.78 is 8.49. The molecule has 1 heterocycles. The van der Waals surface area contributed by atoms with Crippen LogP contribution in [-0.4, -0.2) is 12.1 Å². The Balaban J connectivity index is 1.76. The summed E-state index contributed by atoms with van der Waals surface area (Å²) in [5.74, 6) is 0.813. The first-order valence-electron chi connectivity index (χ1n) is 6.28. The van der Waals surface area contributed by atoms with E-state index in [1.807, 2.05) is 30.3 Å². The van der Waals surface area contributed by atoms with Crippen LogP contribution in [0.1, 0.15) is 5.01 Å². The van der Waals surface area contributed by atoms with E-state index in [-0.39, 0.29) is 0 Å². The minimum Gasteiger partial charge on any atom is -0.495 e. The van der Waals surface area contributed by atoms with Crippen LogP contribution in [0.4, 0.5) is 5.69 Å². The van der Waals surface area contributed by atoms with Crippen LogP contribution in [-0.2, 0) is 6.54 Å². The lowest BCUT2D eigenvalue weighted by molar-refractivity contribution is 0.412. The van der Waals surface area contributed by atoms with Gasteiger partial charge in [0.2, 0.25) is 0 Å². The summed E-state index contributed by atoms with van der Waals surface area (Å²) in [6.45, 7) is 0.696. The molecule has 2 aromatic carbocycles. The Kier molecular flexibility index (Phi) is 4.47. The number of nitrogens with zero attached hydrogens (tertiary/aromatic N) is 1. The maximum Gasteiger partial charge on any atom is 0.135 e. The van der Waals surface area contributed by atoms with E-state index in [1.165, 1.54) is 4.70 Å². The van der Waals surface area contributed by atoms with Crippen LogP contribution >= 0.6 is 43.2 Å². The van der Waals surface area contributed by atoms with E-state index in [0.29, 0.717) is 6.54 Å². The van der Waals surface area contributed by atoms with Gasteiger partial charge >= 0.3 is 0 Å². The zero-order chi connectivity index (χ0) is 14.8. The normalized spacial score (nSPS) is 10.8. The molecule has 21 heavy (non-hydrogen) atoms. The second kappa shape index (κ2) is 6.34. The summed E-state index contributed by atoms with van der Waals surface area (Å²) in [4.78, 5) is 4.63. The molecule has 0 amide bonds. The second-order valence-electron chi connectivity index (χ2n) is 4.42. The van der Waals surface area contributed by atoms with Crippen LogP contribution in [0.5, 0.6) is 5.75 Å². The van der Waals surface area contributed by atoms with Gasteiger partial charge < -0.3 is 10.1 Å². The maximum atomic E-state index is 5.29. The first-order valence-corrected chi connectivity index (χ1v) is 8.68. The molecule has 0 radical (unpaired) electrons. The zero-order valence-corrected chi connectivity index (χ0v) is 15.2. The van der Waals surface area contributed by atoms with Crippen LogP contribution in [0, 0.1) is 0 Å². The molecule has 0 unspecified atom stereocenters. The Labute approximate surface area is 143 Å². The van der Waals surface area contributed by atoms with Gasteiger partial charge in [-0.15, -0.1) is 11.3 Å². The van der Waals surface area contributed by atoms with Crippen molar-refractivity contribution in [3.63, 3.8) is 0 Å². The number of hydrogen-bond donors (Lipinski definition) is 1. The predicted octanol–water partition coefficient (Wildman–Crippen LogP) is 5.44. The fourth-order valence-electron chi connectivity index (χ4n) is 1.97. The van der Waals surface area contributed by atoms with E-state index < -0.39 is 0 Å². The number of benzene rings is 2. The monoisotopic (exact) mass is 426 g/mol. The lowest BCUT2D eigenvalue weighted by atomic mass is 10.3. The molecule has 0 bridgehead atoms. The van der Waals surface area contributed by atoms with Gasteiger partial charge in [-0.3, -0.25) is 0 Å². The Bertz CT molecular complexity index is 788. The number of rotatable bonds is 4. The fourth-order valence-corrected chi connectivity index (χ4v) is 3.62. The molecule has 0 spiro atoms. The number of ether oxygens (including phenoxy) is 1. The quantitative estimate of drug-likeness (QED) is 0.601. The highest BCUT2D eigenvalue weighted by molar-refractivity contribution is 9.10. The Morgan fingerprint density at radius 2 is 2.05 bits per heavy atom. The Hall–Kier alpha value is -1.11. The average molecular weight is 428 g/mol. The maximum absolute atomic E-state index is 5.29. The standard InChI is InChI=1S/C15H12Br2N2OS/c1-20-13-7-10(3-4-11(13)17)18-8-15-19-12-6-9(16)2-5-14(12)21-15/h2-7,18H,8H2,1H3. The summed E-state index contributed by atoms with van der Waals surface area (Å²) in [7, 11) is 1.66. The van der Waals surface area contributed by atoms with Crippen molar-refractivity contribution in [2.24, 2.45) is 0 Å². The molecule has 0 aliphatic carbocycles. The minimum atomic E-state index is 0.696. The van der Waals surface area contributed by atoms with E-state index in [1.54, 1.807) is 18.4 Å². The third kappa shape index (κ3) is 3.39. The highest BCUT2D eigenvalue weighted by Crippen LogP contribution is 2.29. The van der Waals surface area contributed by atoms with E-state index >= 15 is 0 Å². The van der Waals surface area contributed by atoms with E-state index in [4.69, 9.17) is 4.74 Å². The average Bonchev–Trinajstić information content (AvgIpc) is 2.88. The highest BCUT2D eigenvalue weighted by atomic mass is 79.9. The van der Waals surface area contributed by atoms with Crippen LogP contribution < -0.4 is 10.1 Å². The molecular formula is C15H12Br2N2OS. The molecule has 0 saturated carbocycles. The third-order valence-electron chi connectivity index (χ3n) is 2.99. The van der Waals surface area contributed by atoms with Crippen LogP contribution in [0.2, 0.25) is 0 Å². The molecule has 6 heteroatoms. The molecular weight excluding hydrogens is 416 g/mol. The topological polar surface area (TPSA) is 34.1 Å². The Morgan fingerprint density at radius 3 is 2.86 bits per heavy atom. The predicted molar refractivity (Wildman–Crippen MR) is 95.3 cm³/mol. The first kappa shape index (κ1) is 14.8. The molecule has 3 rings (SSSR count). The van der Waals surface area contributed by atoms with Crippen molar-refractivity contribution >= 4 is 59.1 Å². The van der Waals surface area contributed by atoms with Crippen molar-refractivity contribution in [3.05, 3.63) is 50.4 Å². The zero-order valence-electron chi connectivity index (χ0n) is 11.2. The Morgan fingerprint density at radius 1 is 1.19 bits per heavy atom. The largest absolute Gasteiger partial charge is 0.495 e. The SMILES string of the molecule is COc1cc(NCc2nc3cc(Br)ccc3s2)ccc1Br. The lowest BCUT2D eigenvalue weighted by Crippen LogP contribution is -1.99. The third-order valence-corrected chi connectivity index (χ3v) is 5.17. The van der Waals surface area contributed by atoms with Gasteiger partial charge in [0.15, 0.2) is 0 Å².